The van der Waals surface area contributed by atoms with Crippen molar-refractivity contribution in [3.8, 4) is 17.1 Å². The summed E-state index contributed by atoms with van der Waals surface area (Å²) in [7, 11) is 0. The van der Waals surface area contributed by atoms with Crippen molar-refractivity contribution < 1.29 is 14.1 Å². The molecule has 1 heterocycles. The van der Waals surface area contributed by atoms with E-state index in [2.05, 4.69) is 36.2 Å². The maximum absolute atomic E-state index is 12.0. The Hall–Kier alpha value is -3.15. The van der Waals surface area contributed by atoms with E-state index in [-0.39, 0.29) is 24.5 Å². The molecule has 0 saturated heterocycles. The number of aryl methyl sites for hydroxylation is 1. The van der Waals surface area contributed by atoms with Gasteiger partial charge in [0, 0.05) is 5.56 Å². The number of aromatic nitrogens is 2. The van der Waals surface area contributed by atoms with Crippen LogP contribution in [0.4, 0.5) is 0 Å². The highest BCUT2D eigenvalue weighted by Gasteiger charge is 2.14. The summed E-state index contributed by atoms with van der Waals surface area (Å²) in [6, 6.07) is 15.6. The molecule has 3 rings (SSSR count). The van der Waals surface area contributed by atoms with Gasteiger partial charge in [-0.25, -0.2) is 0 Å². The molecule has 0 aliphatic heterocycles. The van der Waals surface area contributed by atoms with E-state index in [4.69, 9.17) is 9.26 Å². The first-order chi connectivity index (χ1) is 13.3. The number of carbonyl (C=O) groups excluding carboxylic acids is 1. The van der Waals surface area contributed by atoms with Crippen LogP contribution in [0.5, 0.6) is 5.75 Å². The molecule has 1 aromatic heterocycles. The van der Waals surface area contributed by atoms with Crippen LogP contribution in [0.2, 0.25) is 0 Å². The minimum Gasteiger partial charge on any atom is -0.484 e. The lowest BCUT2D eigenvalue weighted by Gasteiger charge is -2.19. The zero-order chi connectivity index (χ0) is 20.1. The van der Waals surface area contributed by atoms with Crippen LogP contribution in [0.25, 0.3) is 11.4 Å². The maximum atomic E-state index is 12.0. The molecule has 0 aliphatic rings. The lowest BCUT2D eigenvalue weighted by Crippen LogP contribution is -2.28. The monoisotopic (exact) mass is 379 g/mol. The van der Waals surface area contributed by atoms with E-state index >= 15 is 0 Å². The first-order valence-electron chi connectivity index (χ1n) is 9.21. The third-order valence-corrected chi connectivity index (χ3v) is 4.27. The molecule has 3 aromatic rings. The van der Waals surface area contributed by atoms with Crippen molar-refractivity contribution in [2.45, 2.75) is 39.7 Å². The quantitative estimate of drug-likeness (QED) is 0.699. The van der Waals surface area contributed by atoms with Crippen molar-refractivity contribution in [2.75, 3.05) is 6.61 Å². The molecule has 146 valence electrons. The topological polar surface area (TPSA) is 77.2 Å². The van der Waals surface area contributed by atoms with E-state index in [9.17, 15) is 4.79 Å². The average molecular weight is 379 g/mol. The van der Waals surface area contributed by atoms with Crippen LogP contribution in [0, 0.1) is 6.92 Å². The Morgan fingerprint density at radius 3 is 2.57 bits per heavy atom. The molecule has 6 nitrogen and oxygen atoms in total. The van der Waals surface area contributed by atoms with Crippen molar-refractivity contribution in [1.29, 1.82) is 0 Å². The Morgan fingerprint density at radius 2 is 1.89 bits per heavy atom. The molecule has 0 aliphatic carbocycles. The third-order valence-electron chi connectivity index (χ3n) is 4.27. The van der Waals surface area contributed by atoms with E-state index in [1.807, 2.05) is 55.5 Å². The van der Waals surface area contributed by atoms with Gasteiger partial charge < -0.3 is 14.6 Å². The summed E-state index contributed by atoms with van der Waals surface area (Å²) in [6.07, 6.45) is 0. The second kappa shape index (κ2) is 8.25. The number of carbonyl (C=O) groups is 1. The molecule has 6 heteroatoms. The smallest absolute Gasteiger partial charge is 0.258 e. The molecule has 0 radical (unpaired) electrons. The Morgan fingerprint density at radius 1 is 1.14 bits per heavy atom. The molecule has 1 amide bonds. The Labute approximate surface area is 164 Å². The molecule has 0 bridgehead atoms. The molecular weight excluding hydrogens is 354 g/mol. The first-order valence-corrected chi connectivity index (χ1v) is 9.21. The van der Waals surface area contributed by atoms with Crippen LogP contribution >= 0.6 is 0 Å². The average Bonchev–Trinajstić information content (AvgIpc) is 3.13. The van der Waals surface area contributed by atoms with Gasteiger partial charge in [-0.15, -0.1) is 0 Å². The largest absolute Gasteiger partial charge is 0.484 e. The van der Waals surface area contributed by atoms with Gasteiger partial charge in [0.2, 0.25) is 11.7 Å². The van der Waals surface area contributed by atoms with Gasteiger partial charge in [-0.2, -0.15) is 4.98 Å². The Balaban J connectivity index is 1.48. The number of ether oxygens (including phenoxy) is 1. The van der Waals surface area contributed by atoms with Crippen molar-refractivity contribution in [3.63, 3.8) is 0 Å². The summed E-state index contributed by atoms with van der Waals surface area (Å²) in [5.74, 6) is 1.25. The summed E-state index contributed by atoms with van der Waals surface area (Å²) in [6.45, 7) is 8.54. The molecule has 0 fully saturated rings. The number of rotatable bonds is 6. The van der Waals surface area contributed by atoms with Gasteiger partial charge in [-0.1, -0.05) is 61.8 Å². The van der Waals surface area contributed by atoms with E-state index in [1.54, 1.807) is 0 Å². The lowest BCUT2D eigenvalue weighted by atomic mass is 9.87. The second-order valence-corrected chi connectivity index (χ2v) is 7.72. The third kappa shape index (κ3) is 5.19. The van der Waals surface area contributed by atoms with Gasteiger partial charge in [0.1, 0.15) is 5.75 Å². The zero-order valence-electron chi connectivity index (χ0n) is 16.7. The van der Waals surface area contributed by atoms with Crippen LogP contribution in [0.1, 0.15) is 37.8 Å². The van der Waals surface area contributed by atoms with Crippen LogP contribution in [0.3, 0.4) is 0 Å². The summed E-state index contributed by atoms with van der Waals surface area (Å²) in [4.78, 5) is 16.3. The van der Waals surface area contributed by atoms with Crippen molar-refractivity contribution in [3.05, 3.63) is 65.5 Å². The number of nitrogens with one attached hydrogen (secondary N) is 1. The maximum Gasteiger partial charge on any atom is 0.258 e. The lowest BCUT2D eigenvalue weighted by molar-refractivity contribution is -0.123. The number of hydrogen-bond acceptors (Lipinski definition) is 5. The first kappa shape index (κ1) is 19.6. The molecule has 0 unspecified atom stereocenters. The van der Waals surface area contributed by atoms with Crippen molar-refractivity contribution in [1.82, 2.24) is 15.5 Å². The van der Waals surface area contributed by atoms with E-state index in [0.29, 0.717) is 17.5 Å². The molecule has 0 saturated carbocycles. The predicted molar refractivity (Wildman–Crippen MR) is 107 cm³/mol. The second-order valence-electron chi connectivity index (χ2n) is 7.72. The molecule has 1 N–H and O–H groups in total. The molecule has 0 spiro atoms. The van der Waals surface area contributed by atoms with E-state index < -0.39 is 0 Å². The highest BCUT2D eigenvalue weighted by atomic mass is 16.5. The minimum absolute atomic E-state index is 0.0757. The van der Waals surface area contributed by atoms with Crippen LogP contribution in [0.15, 0.2) is 53.1 Å². The number of amides is 1. The van der Waals surface area contributed by atoms with Crippen molar-refractivity contribution >= 4 is 5.91 Å². The van der Waals surface area contributed by atoms with Gasteiger partial charge in [0.15, 0.2) is 6.61 Å². The predicted octanol–water partition coefficient (Wildman–Crippen LogP) is 4.04. The van der Waals surface area contributed by atoms with E-state index in [0.717, 1.165) is 11.1 Å². The highest BCUT2D eigenvalue weighted by Crippen LogP contribution is 2.24. The SMILES string of the molecule is Cc1cccc(-c2noc(CNC(=O)COc3ccc(C(C)(C)C)cc3)n2)c1. The van der Waals surface area contributed by atoms with Gasteiger partial charge in [-0.05, 0) is 36.1 Å². The minimum atomic E-state index is -0.254. The summed E-state index contributed by atoms with van der Waals surface area (Å²) in [5, 5.41) is 6.68. The molecular formula is C22H25N3O3. The van der Waals surface area contributed by atoms with Gasteiger partial charge in [-0.3, -0.25) is 4.79 Å². The fourth-order valence-electron chi connectivity index (χ4n) is 2.65. The summed E-state index contributed by atoms with van der Waals surface area (Å²) >= 11 is 0. The number of hydrogen-bond donors (Lipinski definition) is 1. The molecule has 2 aromatic carbocycles. The summed E-state index contributed by atoms with van der Waals surface area (Å²) < 4.78 is 10.7. The standard InChI is InChI=1S/C22H25N3O3/c1-15-6-5-7-16(12-15)21-24-20(28-25-21)13-23-19(26)14-27-18-10-8-17(9-11-18)22(2,3)4/h5-12H,13-14H2,1-4H3,(H,23,26). The fraction of sp³-hybridized carbons (Fsp3) is 0.318. The fourth-order valence-corrected chi connectivity index (χ4v) is 2.65. The van der Waals surface area contributed by atoms with Gasteiger partial charge in [0.05, 0.1) is 6.54 Å². The van der Waals surface area contributed by atoms with Gasteiger partial charge in [0.25, 0.3) is 5.91 Å². The molecule has 0 atom stereocenters. The van der Waals surface area contributed by atoms with Crippen LogP contribution in [-0.2, 0) is 16.8 Å². The van der Waals surface area contributed by atoms with Crippen molar-refractivity contribution in [2.24, 2.45) is 0 Å². The normalized spacial score (nSPS) is 11.3. The van der Waals surface area contributed by atoms with Gasteiger partial charge >= 0.3 is 0 Å². The van der Waals surface area contributed by atoms with Crippen LogP contribution in [-0.4, -0.2) is 22.7 Å². The number of benzene rings is 2. The van der Waals surface area contributed by atoms with E-state index in [1.165, 1.54) is 5.56 Å². The Bertz CT molecular complexity index is 940. The number of nitrogens with zero attached hydrogens (tertiary/aromatic N) is 2. The highest BCUT2D eigenvalue weighted by molar-refractivity contribution is 5.77. The Kier molecular flexibility index (Phi) is 5.78. The van der Waals surface area contributed by atoms with Crippen LogP contribution < -0.4 is 10.1 Å². The zero-order valence-corrected chi connectivity index (χ0v) is 16.7. The molecule has 28 heavy (non-hydrogen) atoms. The summed E-state index contributed by atoms with van der Waals surface area (Å²) in [5.41, 5.74) is 3.29.